The minimum absolute atomic E-state index is 0.111. The first-order valence-corrected chi connectivity index (χ1v) is 6.90. The number of hydrogen-bond acceptors (Lipinski definition) is 6. The van der Waals surface area contributed by atoms with Crippen molar-refractivity contribution in [1.82, 2.24) is 4.98 Å². The summed E-state index contributed by atoms with van der Waals surface area (Å²) in [5.74, 6) is -1.08. The fourth-order valence-corrected chi connectivity index (χ4v) is 1.88. The molecule has 1 amide bonds. The largest absolute Gasteiger partial charge is 0.495 e. The summed E-state index contributed by atoms with van der Waals surface area (Å²) in [5.41, 5.74) is 0.115. The van der Waals surface area contributed by atoms with Crippen LogP contribution < -0.4 is 10.1 Å². The Bertz CT molecular complexity index is 757. The highest BCUT2D eigenvalue weighted by molar-refractivity contribution is 5.98. The normalized spacial score (nSPS) is 11.4. The van der Waals surface area contributed by atoms with Gasteiger partial charge in [-0.3, -0.25) is 14.9 Å². The average molecular weight is 333 g/mol. The topological polar surface area (TPSA) is 124 Å². The molecular weight excluding hydrogens is 318 g/mol. The molecule has 126 valence electrons. The number of carbonyl (C=O) groups excluding carboxylic acids is 2. The molecule has 2 aromatic rings. The molecular formula is C15H15N3O6. The number of nitro benzene ring substituents is 1. The number of hydrogen-bond donors (Lipinski definition) is 2. The van der Waals surface area contributed by atoms with Crippen LogP contribution >= 0.6 is 0 Å². The van der Waals surface area contributed by atoms with Gasteiger partial charge in [-0.1, -0.05) is 0 Å². The Kier molecular flexibility index (Phi) is 5.15. The zero-order valence-electron chi connectivity index (χ0n) is 12.9. The van der Waals surface area contributed by atoms with Crippen LogP contribution in [0, 0.1) is 10.1 Å². The van der Waals surface area contributed by atoms with E-state index < -0.39 is 22.9 Å². The van der Waals surface area contributed by atoms with E-state index in [1.54, 1.807) is 12.3 Å². The number of amides is 1. The highest BCUT2D eigenvalue weighted by Gasteiger charge is 2.21. The molecule has 2 rings (SSSR count). The zero-order valence-corrected chi connectivity index (χ0v) is 12.9. The number of nitrogens with zero attached hydrogens (tertiary/aromatic N) is 1. The molecule has 0 unspecified atom stereocenters. The number of rotatable bonds is 6. The van der Waals surface area contributed by atoms with Crippen molar-refractivity contribution >= 4 is 23.3 Å². The second kappa shape index (κ2) is 7.27. The molecule has 0 bridgehead atoms. The van der Waals surface area contributed by atoms with Gasteiger partial charge in [-0.05, 0) is 25.1 Å². The molecule has 1 heterocycles. The van der Waals surface area contributed by atoms with Crippen LogP contribution in [0.4, 0.5) is 11.4 Å². The molecule has 0 saturated heterocycles. The fourth-order valence-electron chi connectivity index (χ4n) is 1.88. The monoisotopic (exact) mass is 333 g/mol. The maximum Gasteiger partial charge on any atom is 0.355 e. The van der Waals surface area contributed by atoms with Crippen LogP contribution in [0.5, 0.6) is 5.75 Å². The second-order valence-electron chi connectivity index (χ2n) is 4.76. The van der Waals surface area contributed by atoms with Gasteiger partial charge in [-0.2, -0.15) is 0 Å². The van der Waals surface area contributed by atoms with E-state index in [1.807, 2.05) is 0 Å². The van der Waals surface area contributed by atoms with E-state index in [4.69, 9.17) is 9.47 Å². The molecule has 0 aliphatic carbocycles. The van der Waals surface area contributed by atoms with Crippen LogP contribution in [0.15, 0.2) is 36.5 Å². The molecule has 1 aromatic carbocycles. The summed E-state index contributed by atoms with van der Waals surface area (Å²) in [7, 11) is 1.37. The number of benzene rings is 1. The Hall–Kier alpha value is -3.36. The fraction of sp³-hybridized carbons (Fsp3) is 0.200. The molecule has 9 heteroatoms. The summed E-state index contributed by atoms with van der Waals surface area (Å²) in [6.07, 6.45) is 0.444. The number of non-ortho nitro benzene ring substituents is 1. The van der Waals surface area contributed by atoms with Crippen molar-refractivity contribution in [1.29, 1.82) is 0 Å². The maximum absolute atomic E-state index is 12.1. The molecule has 0 fully saturated rings. The number of esters is 1. The highest BCUT2D eigenvalue weighted by Crippen LogP contribution is 2.29. The van der Waals surface area contributed by atoms with E-state index >= 15 is 0 Å². The first-order valence-electron chi connectivity index (χ1n) is 6.90. The van der Waals surface area contributed by atoms with Crippen LogP contribution in [0.3, 0.4) is 0 Å². The standard InChI is InChI=1S/C15H15N3O6/c1-9(24-15(20)11-4-3-7-16-11)14(19)17-12-8-10(18(21)22)5-6-13(12)23-2/h3-9,16H,1-2H3,(H,17,19)/t9-/m0/s1. The lowest BCUT2D eigenvalue weighted by molar-refractivity contribution is -0.384. The van der Waals surface area contributed by atoms with Crippen molar-refractivity contribution in [2.75, 3.05) is 12.4 Å². The van der Waals surface area contributed by atoms with Crippen molar-refractivity contribution in [2.24, 2.45) is 0 Å². The van der Waals surface area contributed by atoms with Crippen LogP contribution in [0.1, 0.15) is 17.4 Å². The van der Waals surface area contributed by atoms with Gasteiger partial charge >= 0.3 is 5.97 Å². The number of anilines is 1. The average Bonchev–Trinajstić information content (AvgIpc) is 3.09. The molecule has 0 radical (unpaired) electrons. The first kappa shape index (κ1) is 17.0. The Morgan fingerprint density at radius 1 is 1.33 bits per heavy atom. The molecule has 0 aliphatic rings. The number of nitrogens with one attached hydrogen (secondary N) is 2. The highest BCUT2D eigenvalue weighted by atomic mass is 16.6. The van der Waals surface area contributed by atoms with Gasteiger partial charge in [0.15, 0.2) is 6.10 Å². The summed E-state index contributed by atoms with van der Waals surface area (Å²) < 4.78 is 10.1. The number of methoxy groups -OCH3 is 1. The Morgan fingerprint density at radius 3 is 2.67 bits per heavy atom. The molecule has 0 saturated carbocycles. The van der Waals surface area contributed by atoms with Gasteiger partial charge in [0.1, 0.15) is 11.4 Å². The lowest BCUT2D eigenvalue weighted by Gasteiger charge is -2.14. The van der Waals surface area contributed by atoms with E-state index in [9.17, 15) is 19.7 Å². The van der Waals surface area contributed by atoms with Gasteiger partial charge in [0.05, 0.1) is 17.7 Å². The smallest absolute Gasteiger partial charge is 0.355 e. The number of ether oxygens (including phenoxy) is 2. The van der Waals surface area contributed by atoms with Gasteiger partial charge in [-0.15, -0.1) is 0 Å². The predicted octanol–water partition coefficient (Wildman–Crippen LogP) is 2.12. The van der Waals surface area contributed by atoms with Crippen molar-refractivity contribution < 1.29 is 24.0 Å². The molecule has 0 spiro atoms. The van der Waals surface area contributed by atoms with Crippen LogP contribution in [-0.2, 0) is 9.53 Å². The lowest BCUT2D eigenvalue weighted by Crippen LogP contribution is -2.30. The Balaban J connectivity index is 2.09. The van der Waals surface area contributed by atoms with Gasteiger partial charge in [0, 0.05) is 18.3 Å². The number of H-pyrrole nitrogens is 1. The maximum atomic E-state index is 12.1. The van der Waals surface area contributed by atoms with E-state index in [0.717, 1.165) is 6.07 Å². The third-order valence-corrected chi connectivity index (χ3v) is 3.12. The van der Waals surface area contributed by atoms with Gasteiger partial charge in [0.25, 0.3) is 11.6 Å². The molecule has 9 nitrogen and oxygen atoms in total. The van der Waals surface area contributed by atoms with Gasteiger partial charge < -0.3 is 19.8 Å². The first-order chi connectivity index (χ1) is 11.4. The summed E-state index contributed by atoms with van der Waals surface area (Å²) in [6.45, 7) is 1.39. The Labute approximate surface area is 136 Å². The lowest BCUT2D eigenvalue weighted by atomic mass is 10.2. The number of aromatic amines is 1. The van der Waals surface area contributed by atoms with Crippen molar-refractivity contribution in [3.05, 3.63) is 52.3 Å². The molecule has 1 atom stereocenters. The molecule has 24 heavy (non-hydrogen) atoms. The molecule has 2 N–H and O–H groups in total. The van der Waals surface area contributed by atoms with Gasteiger partial charge in [0.2, 0.25) is 0 Å². The number of aromatic nitrogens is 1. The van der Waals surface area contributed by atoms with Crippen LogP contribution in [0.2, 0.25) is 0 Å². The van der Waals surface area contributed by atoms with Gasteiger partial charge in [-0.25, -0.2) is 4.79 Å². The van der Waals surface area contributed by atoms with Crippen LogP contribution in [0.25, 0.3) is 0 Å². The summed E-state index contributed by atoms with van der Waals surface area (Å²) in [4.78, 5) is 36.8. The number of nitro groups is 1. The van der Waals surface area contributed by atoms with E-state index in [0.29, 0.717) is 0 Å². The van der Waals surface area contributed by atoms with Crippen molar-refractivity contribution in [3.8, 4) is 5.75 Å². The summed E-state index contributed by atoms with van der Waals surface area (Å²) in [5, 5.41) is 13.3. The summed E-state index contributed by atoms with van der Waals surface area (Å²) in [6, 6.07) is 6.91. The molecule has 0 aliphatic heterocycles. The van der Waals surface area contributed by atoms with Crippen molar-refractivity contribution in [2.45, 2.75) is 13.0 Å². The minimum Gasteiger partial charge on any atom is -0.495 e. The predicted molar refractivity (Wildman–Crippen MR) is 83.9 cm³/mol. The van der Waals surface area contributed by atoms with E-state index in [1.165, 1.54) is 32.2 Å². The van der Waals surface area contributed by atoms with E-state index in [2.05, 4.69) is 10.3 Å². The minimum atomic E-state index is -1.11. The third-order valence-electron chi connectivity index (χ3n) is 3.12. The SMILES string of the molecule is COc1ccc([N+](=O)[O-])cc1NC(=O)[C@H](C)OC(=O)c1ccc[nH]1. The van der Waals surface area contributed by atoms with Crippen molar-refractivity contribution in [3.63, 3.8) is 0 Å². The number of carbonyl (C=O) groups is 2. The zero-order chi connectivity index (χ0) is 17.7. The second-order valence-corrected chi connectivity index (χ2v) is 4.76. The third kappa shape index (κ3) is 3.88. The van der Waals surface area contributed by atoms with E-state index in [-0.39, 0.29) is 22.8 Å². The Morgan fingerprint density at radius 2 is 2.08 bits per heavy atom. The quantitative estimate of drug-likeness (QED) is 0.474. The summed E-state index contributed by atoms with van der Waals surface area (Å²) >= 11 is 0. The van der Waals surface area contributed by atoms with Crippen LogP contribution in [-0.4, -0.2) is 35.0 Å². The molecule has 1 aromatic heterocycles.